The number of anilines is 3. The number of benzene rings is 1. The molecule has 0 fully saturated rings. The number of amides is 1. The number of aromatic nitrogens is 3. The number of rotatable bonds is 7. The SMILES string of the molecule is CS(=O)(=O)Nc1nnc(NC(=O)c2ccc(S(=O)(=O)Nc3ccncc3)cc2)s1. The highest BCUT2D eigenvalue weighted by atomic mass is 32.2. The van der Waals surface area contributed by atoms with Gasteiger partial charge in [-0.25, -0.2) is 16.8 Å². The van der Waals surface area contributed by atoms with Crippen LogP contribution in [-0.2, 0) is 20.0 Å². The number of nitrogens with zero attached hydrogens (tertiary/aromatic N) is 3. The van der Waals surface area contributed by atoms with E-state index in [-0.39, 0.29) is 20.7 Å². The molecular weight excluding hydrogens is 440 g/mol. The number of hydrogen-bond donors (Lipinski definition) is 3. The largest absolute Gasteiger partial charge is 0.296 e. The van der Waals surface area contributed by atoms with Crippen molar-refractivity contribution in [2.24, 2.45) is 0 Å². The Bertz CT molecular complexity index is 1220. The second-order valence-corrected chi connectivity index (χ2v) is 10.0. The minimum absolute atomic E-state index is 0.00595. The fourth-order valence-electron chi connectivity index (χ4n) is 2.06. The van der Waals surface area contributed by atoms with Crippen LogP contribution >= 0.6 is 11.3 Å². The summed E-state index contributed by atoms with van der Waals surface area (Å²) in [6.07, 6.45) is 3.87. The van der Waals surface area contributed by atoms with Crippen molar-refractivity contribution in [1.82, 2.24) is 15.2 Å². The van der Waals surface area contributed by atoms with E-state index in [1.54, 1.807) is 0 Å². The standard InChI is InChI=1S/C15H14N6O5S3/c1-28(23,24)21-15-19-18-14(27-15)17-13(22)10-2-4-12(5-3-10)29(25,26)20-11-6-8-16-9-7-11/h2-9H,1H3,(H,16,20)(H,19,21)(H,17,18,22). The summed E-state index contributed by atoms with van der Waals surface area (Å²) in [5, 5.41) is 9.82. The van der Waals surface area contributed by atoms with Gasteiger partial charge in [0.25, 0.3) is 15.9 Å². The molecule has 0 aliphatic heterocycles. The van der Waals surface area contributed by atoms with E-state index in [9.17, 15) is 21.6 Å². The van der Waals surface area contributed by atoms with Crippen LogP contribution in [0, 0.1) is 0 Å². The number of pyridine rings is 1. The maximum Gasteiger partial charge on any atom is 0.261 e. The molecule has 0 radical (unpaired) electrons. The summed E-state index contributed by atoms with van der Waals surface area (Å²) in [4.78, 5) is 16.1. The molecule has 11 nitrogen and oxygen atoms in total. The zero-order valence-electron chi connectivity index (χ0n) is 14.7. The van der Waals surface area contributed by atoms with Gasteiger partial charge in [0, 0.05) is 18.0 Å². The molecule has 3 aromatic rings. The summed E-state index contributed by atoms with van der Waals surface area (Å²) < 4.78 is 51.7. The maximum atomic E-state index is 12.4. The van der Waals surface area contributed by atoms with Crippen LogP contribution in [0.25, 0.3) is 0 Å². The number of nitrogens with one attached hydrogen (secondary N) is 3. The number of carbonyl (C=O) groups is 1. The van der Waals surface area contributed by atoms with Crippen molar-refractivity contribution in [2.45, 2.75) is 4.90 Å². The normalized spacial score (nSPS) is 11.6. The van der Waals surface area contributed by atoms with E-state index >= 15 is 0 Å². The van der Waals surface area contributed by atoms with E-state index in [1.807, 2.05) is 0 Å². The van der Waals surface area contributed by atoms with E-state index in [2.05, 4.69) is 29.9 Å². The predicted molar refractivity (Wildman–Crippen MR) is 108 cm³/mol. The molecule has 0 unspecified atom stereocenters. The van der Waals surface area contributed by atoms with Gasteiger partial charge >= 0.3 is 0 Å². The second-order valence-electron chi connectivity index (χ2n) is 5.61. The summed E-state index contributed by atoms with van der Waals surface area (Å²) in [6.45, 7) is 0. The topological polar surface area (TPSA) is 160 Å². The van der Waals surface area contributed by atoms with Gasteiger partial charge in [-0.05, 0) is 36.4 Å². The molecule has 1 amide bonds. The molecule has 3 N–H and O–H groups in total. The first kappa shape index (κ1) is 20.6. The highest BCUT2D eigenvalue weighted by molar-refractivity contribution is 7.92. The summed E-state index contributed by atoms with van der Waals surface area (Å²) in [5.41, 5.74) is 0.539. The van der Waals surface area contributed by atoms with E-state index in [0.29, 0.717) is 5.69 Å². The van der Waals surface area contributed by atoms with Gasteiger partial charge in [-0.15, -0.1) is 10.2 Å². The van der Waals surface area contributed by atoms with Crippen LogP contribution in [0.2, 0.25) is 0 Å². The van der Waals surface area contributed by atoms with Crippen molar-refractivity contribution >= 4 is 53.2 Å². The first-order chi connectivity index (χ1) is 13.6. The highest BCUT2D eigenvalue weighted by Crippen LogP contribution is 2.22. The van der Waals surface area contributed by atoms with Crippen LogP contribution in [0.4, 0.5) is 16.0 Å². The van der Waals surface area contributed by atoms with E-state index in [0.717, 1.165) is 17.6 Å². The van der Waals surface area contributed by atoms with Crippen molar-refractivity contribution in [3.05, 3.63) is 54.4 Å². The molecule has 0 aliphatic carbocycles. The van der Waals surface area contributed by atoms with Crippen molar-refractivity contribution in [1.29, 1.82) is 0 Å². The zero-order valence-corrected chi connectivity index (χ0v) is 17.2. The quantitative estimate of drug-likeness (QED) is 0.482. The first-order valence-electron chi connectivity index (χ1n) is 7.78. The lowest BCUT2D eigenvalue weighted by Gasteiger charge is -2.08. The molecule has 2 heterocycles. The van der Waals surface area contributed by atoms with Crippen molar-refractivity contribution in [2.75, 3.05) is 21.0 Å². The van der Waals surface area contributed by atoms with Crippen molar-refractivity contribution < 1.29 is 21.6 Å². The Hall–Kier alpha value is -3.10. The molecule has 0 aliphatic rings. The molecule has 152 valence electrons. The Kier molecular flexibility index (Phi) is 5.76. The molecule has 0 spiro atoms. The Balaban J connectivity index is 1.69. The summed E-state index contributed by atoms with van der Waals surface area (Å²) in [5.74, 6) is -0.557. The minimum Gasteiger partial charge on any atom is -0.296 e. The smallest absolute Gasteiger partial charge is 0.261 e. The Labute approximate surface area is 170 Å². The lowest BCUT2D eigenvalue weighted by Crippen LogP contribution is -2.14. The second kappa shape index (κ2) is 8.10. The third-order valence-corrected chi connectivity index (χ3v) is 6.12. The third kappa shape index (κ3) is 5.69. The fourth-order valence-corrected chi connectivity index (χ4v) is 4.59. The lowest BCUT2D eigenvalue weighted by atomic mass is 10.2. The molecule has 0 saturated carbocycles. The first-order valence-corrected chi connectivity index (χ1v) is 12.0. The van der Waals surface area contributed by atoms with Crippen LogP contribution in [0.1, 0.15) is 10.4 Å². The van der Waals surface area contributed by atoms with Crippen molar-refractivity contribution in [3.8, 4) is 0 Å². The molecule has 0 saturated heterocycles. The maximum absolute atomic E-state index is 12.4. The molecular formula is C15H14N6O5S3. The van der Waals surface area contributed by atoms with Crippen molar-refractivity contribution in [3.63, 3.8) is 0 Å². The van der Waals surface area contributed by atoms with Gasteiger partial charge in [-0.2, -0.15) is 0 Å². The Morgan fingerprint density at radius 3 is 2.14 bits per heavy atom. The summed E-state index contributed by atoms with van der Waals surface area (Å²) >= 11 is 0.836. The minimum atomic E-state index is -3.82. The molecule has 1 aromatic carbocycles. The monoisotopic (exact) mass is 454 g/mol. The predicted octanol–water partition coefficient (Wildman–Crippen LogP) is 1.36. The third-order valence-electron chi connectivity index (χ3n) is 3.28. The average Bonchev–Trinajstić information content (AvgIpc) is 3.07. The van der Waals surface area contributed by atoms with Crippen LogP contribution in [0.15, 0.2) is 53.7 Å². The molecule has 3 rings (SSSR count). The summed E-state index contributed by atoms with van der Waals surface area (Å²) in [7, 11) is -7.33. The molecule has 2 aromatic heterocycles. The molecule has 29 heavy (non-hydrogen) atoms. The highest BCUT2D eigenvalue weighted by Gasteiger charge is 2.16. The van der Waals surface area contributed by atoms with Gasteiger partial charge in [0.2, 0.25) is 20.3 Å². The molecule has 14 heteroatoms. The van der Waals surface area contributed by atoms with Gasteiger partial charge in [-0.3, -0.25) is 24.5 Å². The van der Waals surface area contributed by atoms with Gasteiger partial charge < -0.3 is 0 Å². The van der Waals surface area contributed by atoms with Crippen LogP contribution in [0.5, 0.6) is 0 Å². The van der Waals surface area contributed by atoms with Gasteiger partial charge in [0.05, 0.1) is 16.8 Å². The van der Waals surface area contributed by atoms with E-state index in [1.165, 1.54) is 48.8 Å². The van der Waals surface area contributed by atoms with Crippen LogP contribution in [-0.4, -0.2) is 44.2 Å². The lowest BCUT2D eigenvalue weighted by molar-refractivity contribution is 0.102. The van der Waals surface area contributed by atoms with Crippen LogP contribution in [0.3, 0.4) is 0 Å². The molecule has 0 atom stereocenters. The zero-order chi connectivity index (χ0) is 21.1. The Morgan fingerprint density at radius 2 is 1.52 bits per heavy atom. The average molecular weight is 455 g/mol. The Morgan fingerprint density at radius 1 is 0.897 bits per heavy atom. The number of carbonyl (C=O) groups excluding carboxylic acids is 1. The van der Waals surface area contributed by atoms with Crippen LogP contribution < -0.4 is 14.8 Å². The molecule has 0 bridgehead atoms. The van der Waals surface area contributed by atoms with E-state index < -0.39 is 26.0 Å². The fraction of sp³-hybridized carbons (Fsp3) is 0.0667. The van der Waals surface area contributed by atoms with Gasteiger partial charge in [0.1, 0.15) is 0 Å². The number of hydrogen-bond acceptors (Lipinski definition) is 9. The van der Waals surface area contributed by atoms with Gasteiger partial charge in [0.15, 0.2) is 0 Å². The number of sulfonamides is 2. The van der Waals surface area contributed by atoms with Gasteiger partial charge in [-0.1, -0.05) is 11.3 Å². The van der Waals surface area contributed by atoms with E-state index in [4.69, 9.17) is 0 Å². The summed E-state index contributed by atoms with van der Waals surface area (Å²) in [6, 6.07) is 8.27.